The van der Waals surface area contributed by atoms with E-state index >= 15 is 0 Å². The molecule has 0 fully saturated rings. The third-order valence-corrected chi connectivity index (χ3v) is 10.4. The lowest BCUT2D eigenvalue weighted by atomic mass is 10.0. The van der Waals surface area contributed by atoms with Crippen molar-refractivity contribution >= 4 is 13.8 Å². The molecule has 0 aliphatic carbocycles. The van der Waals surface area contributed by atoms with Gasteiger partial charge in [-0.2, -0.15) is 0 Å². The van der Waals surface area contributed by atoms with Crippen LogP contribution >= 0.6 is 7.82 Å². The zero-order valence-electron chi connectivity index (χ0n) is 34.3. The van der Waals surface area contributed by atoms with Gasteiger partial charge in [0.15, 0.2) is 6.10 Å². The molecule has 304 valence electrons. The van der Waals surface area contributed by atoms with E-state index in [1.807, 2.05) is 27.2 Å². The van der Waals surface area contributed by atoms with Crippen LogP contribution in [0, 0.1) is 0 Å². The quantitative estimate of drug-likeness (QED) is 0.0203. The second kappa shape index (κ2) is 36.1. The number of nitrogens with zero attached hydrogens (tertiary/aromatic N) is 1. The lowest BCUT2D eigenvalue weighted by molar-refractivity contribution is -0.870. The maximum absolute atomic E-state index is 12.6. The summed E-state index contributed by atoms with van der Waals surface area (Å²) in [6.07, 6.45) is 38.8. The summed E-state index contributed by atoms with van der Waals surface area (Å²) in [5.41, 5.74) is 0. The molecule has 2 atom stereocenters. The maximum Gasteiger partial charge on any atom is 0.306 e. The zero-order chi connectivity index (χ0) is 37.7. The first kappa shape index (κ1) is 50.1. The molecule has 0 radical (unpaired) electrons. The van der Waals surface area contributed by atoms with Crippen molar-refractivity contribution in [3.8, 4) is 0 Å². The Hall–Kier alpha value is -0.920. The van der Waals surface area contributed by atoms with Gasteiger partial charge in [0.25, 0.3) is 7.82 Å². The van der Waals surface area contributed by atoms with E-state index < -0.39 is 13.9 Å². The van der Waals surface area contributed by atoms with Gasteiger partial charge in [-0.25, -0.2) is 0 Å². The van der Waals surface area contributed by atoms with E-state index in [0.717, 1.165) is 32.1 Å². The third kappa shape index (κ3) is 40.1. The van der Waals surface area contributed by atoms with Gasteiger partial charge in [0.2, 0.25) is 0 Å². The first-order valence-corrected chi connectivity index (χ1v) is 22.9. The summed E-state index contributed by atoms with van der Waals surface area (Å²) >= 11 is 0. The second-order valence-corrected chi connectivity index (χ2v) is 17.2. The van der Waals surface area contributed by atoms with Gasteiger partial charge >= 0.3 is 5.97 Å². The molecular formula is C42H84NO7P. The minimum atomic E-state index is -4.53. The Labute approximate surface area is 316 Å². The van der Waals surface area contributed by atoms with Crippen molar-refractivity contribution < 1.29 is 37.3 Å². The van der Waals surface area contributed by atoms with Crippen LogP contribution in [0.1, 0.15) is 200 Å². The van der Waals surface area contributed by atoms with E-state index in [1.54, 1.807) is 6.26 Å². The Bertz CT molecular complexity index is 833. The number of esters is 1. The molecule has 9 heteroatoms. The van der Waals surface area contributed by atoms with Crippen LogP contribution in [-0.4, -0.2) is 64.1 Å². The smallest absolute Gasteiger partial charge is 0.306 e. The number of carbonyl (C=O) groups is 1. The van der Waals surface area contributed by atoms with Crippen LogP contribution in [0.5, 0.6) is 0 Å². The molecule has 51 heavy (non-hydrogen) atoms. The van der Waals surface area contributed by atoms with Crippen LogP contribution in [0.15, 0.2) is 12.3 Å². The summed E-state index contributed by atoms with van der Waals surface area (Å²) < 4.78 is 34.3. The summed E-state index contributed by atoms with van der Waals surface area (Å²) in [6.45, 7) is 4.76. The lowest BCUT2D eigenvalue weighted by Gasteiger charge is -2.28. The van der Waals surface area contributed by atoms with Crippen molar-refractivity contribution in [1.82, 2.24) is 0 Å². The molecule has 0 spiro atoms. The van der Waals surface area contributed by atoms with Crippen LogP contribution in [0.2, 0.25) is 0 Å². The molecule has 0 saturated heterocycles. The lowest BCUT2D eigenvalue weighted by Crippen LogP contribution is -2.37. The van der Waals surface area contributed by atoms with Crippen molar-refractivity contribution in [2.45, 2.75) is 206 Å². The summed E-state index contributed by atoms with van der Waals surface area (Å²) in [7, 11) is 1.34. The van der Waals surface area contributed by atoms with Crippen LogP contribution in [-0.2, 0) is 27.9 Å². The fourth-order valence-corrected chi connectivity index (χ4v) is 6.77. The Morgan fingerprint density at radius 1 is 0.608 bits per heavy atom. The third-order valence-electron chi connectivity index (χ3n) is 9.41. The maximum atomic E-state index is 12.6. The van der Waals surface area contributed by atoms with Crippen LogP contribution in [0.4, 0.5) is 0 Å². The van der Waals surface area contributed by atoms with E-state index in [2.05, 4.69) is 13.8 Å². The van der Waals surface area contributed by atoms with Crippen molar-refractivity contribution in [3.05, 3.63) is 12.3 Å². The highest BCUT2D eigenvalue weighted by atomic mass is 31.2. The summed E-state index contributed by atoms with van der Waals surface area (Å²) in [5, 5.41) is 0. The molecule has 0 rings (SSSR count). The van der Waals surface area contributed by atoms with Crippen molar-refractivity contribution in [1.29, 1.82) is 0 Å². The zero-order valence-corrected chi connectivity index (χ0v) is 35.2. The summed E-state index contributed by atoms with van der Waals surface area (Å²) in [4.78, 5) is 25.0. The SMILES string of the molecule is CCCCCCCCCCCCCC/C=C\OC[C@H](COP(=O)([O-])OCC[N+](C)(C)C)OC(=O)CCCCCCCCCCCCCCCCC. The fourth-order valence-electron chi connectivity index (χ4n) is 6.04. The molecular weight excluding hydrogens is 661 g/mol. The number of hydrogen-bond donors (Lipinski definition) is 0. The number of rotatable bonds is 40. The predicted molar refractivity (Wildman–Crippen MR) is 213 cm³/mol. The normalized spacial score (nSPS) is 13.8. The van der Waals surface area contributed by atoms with E-state index in [9.17, 15) is 14.3 Å². The number of phosphoric acid groups is 1. The van der Waals surface area contributed by atoms with Gasteiger partial charge in [-0.1, -0.05) is 174 Å². The number of quaternary nitrogens is 1. The predicted octanol–water partition coefficient (Wildman–Crippen LogP) is 12.0. The van der Waals surface area contributed by atoms with E-state index in [4.69, 9.17) is 18.5 Å². The molecule has 0 aromatic rings. The minimum Gasteiger partial charge on any atom is -0.756 e. The Balaban J connectivity index is 4.27. The molecule has 0 aromatic heterocycles. The first-order chi connectivity index (χ1) is 24.6. The minimum absolute atomic E-state index is 0.0201. The Kier molecular flexibility index (Phi) is 35.4. The number of carbonyl (C=O) groups excluding carboxylic acids is 1. The van der Waals surface area contributed by atoms with Gasteiger partial charge in [0.1, 0.15) is 19.8 Å². The van der Waals surface area contributed by atoms with Gasteiger partial charge in [0.05, 0.1) is 34.0 Å². The van der Waals surface area contributed by atoms with E-state index in [1.165, 1.54) is 148 Å². The van der Waals surface area contributed by atoms with E-state index in [0.29, 0.717) is 17.4 Å². The number of allylic oxidation sites excluding steroid dienone is 1. The number of unbranched alkanes of at least 4 members (excludes halogenated alkanes) is 26. The number of likely N-dealkylation sites (N-methyl/N-ethyl adjacent to an activating group) is 1. The van der Waals surface area contributed by atoms with Crippen molar-refractivity contribution in [3.63, 3.8) is 0 Å². The van der Waals surface area contributed by atoms with Gasteiger partial charge in [-0.05, 0) is 25.3 Å². The molecule has 0 heterocycles. The Morgan fingerprint density at radius 3 is 1.45 bits per heavy atom. The van der Waals surface area contributed by atoms with Crippen molar-refractivity contribution in [2.24, 2.45) is 0 Å². The number of hydrogen-bond acceptors (Lipinski definition) is 7. The van der Waals surface area contributed by atoms with E-state index in [-0.39, 0.29) is 25.8 Å². The standard InChI is InChI=1S/C42H84NO7P/c1-6-8-10-12-14-16-18-20-22-23-25-27-29-31-33-35-42(44)50-41(40-49-51(45,46)48-38-36-43(3,4)5)39-47-37-34-32-30-28-26-24-21-19-17-15-13-11-9-7-2/h34,37,41H,6-33,35-36,38-40H2,1-5H3/b37-34-/t41-/m1/s1. The molecule has 0 aliphatic heterocycles. The summed E-state index contributed by atoms with van der Waals surface area (Å²) in [5.74, 6) is -0.353. The molecule has 0 bridgehead atoms. The molecule has 0 N–H and O–H groups in total. The monoisotopic (exact) mass is 746 g/mol. The Morgan fingerprint density at radius 2 is 1.02 bits per heavy atom. The van der Waals surface area contributed by atoms with Gasteiger partial charge < -0.3 is 27.9 Å². The van der Waals surface area contributed by atoms with Gasteiger partial charge in [-0.3, -0.25) is 9.36 Å². The van der Waals surface area contributed by atoms with Gasteiger partial charge in [0, 0.05) is 6.42 Å². The highest BCUT2D eigenvalue weighted by Gasteiger charge is 2.20. The van der Waals surface area contributed by atoms with Crippen LogP contribution in [0.3, 0.4) is 0 Å². The van der Waals surface area contributed by atoms with Crippen LogP contribution in [0.25, 0.3) is 0 Å². The molecule has 1 unspecified atom stereocenters. The second-order valence-electron chi connectivity index (χ2n) is 15.8. The molecule has 0 aromatic carbocycles. The average Bonchev–Trinajstić information content (AvgIpc) is 3.08. The topological polar surface area (TPSA) is 94.1 Å². The number of phosphoric ester groups is 1. The molecule has 0 aliphatic rings. The van der Waals surface area contributed by atoms with Crippen LogP contribution < -0.4 is 4.89 Å². The fraction of sp³-hybridized carbons (Fsp3) is 0.929. The molecule has 0 saturated carbocycles. The molecule has 0 amide bonds. The highest BCUT2D eigenvalue weighted by molar-refractivity contribution is 7.45. The number of ether oxygens (including phenoxy) is 2. The molecule has 8 nitrogen and oxygen atoms in total. The van der Waals surface area contributed by atoms with Gasteiger partial charge in [-0.15, -0.1) is 0 Å². The summed E-state index contributed by atoms with van der Waals surface area (Å²) in [6, 6.07) is 0. The largest absolute Gasteiger partial charge is 0.756 e. The van der Waals surface area contributed by atoms with Crippen molar-refractivity contribution in [2.75, 3.05) is 47.5 Å². The highest BCUT2D eigenvalue weighted by Crippen LogP contribution is 2.38. The average molecular weight is 746 g/mol. The first-order valence-electron chi connectivity index (χ1n) is 21.5.